The molecule has 1 aromatic carbocycles. The van der Waals surface area contributed by atoms with Crippen molar-refractivity contribution in [1.82, 2.24) is 20.4 Å². The summed E-state index contributed by atoms with van der Waals surface area (Å²) in [5.41, 5.74) is 3.94. The molecule has 0 radical (unpaired) electrons. The SMILES string of the molecule is CN1CCN(C(CNC(=O)C(=O)NC2CCCCCC2)c2ccc3c(c2)CCCN3C)CC1. The third-order valence-corrected chi connectivity index (χ3v) is 7.67. The zero-order chi connectivity index (χ0) is 23.2. The maximum atomic E-state index is 12.7. The fourth-order valence-electron chi connectivity index (χ4n) is 5.55. The summed E-state index contributed by atoms with van der Waals surface area (Å²) in [5.74, 6) is -0.984. The van der Waals surface area contributed by atoms with Crippen LogP contribution in [-0.4, -0.2) is 81.0 Å². The van der Waals surface area contributed by atoms with Crippen LogP contribution in [0.2, 0.25) is 0 Å². The summed E-state index contributed by atoms with van der Waals surface area (Å²) in [6, 6.07) is 6.98. The normalized spacial score (nSPS) is 21.7. The molecular formula is C26H41N5O2. The zero-order valence-corrected chi connectivity index (χ0v) is 20.4. The van der Waals surface area contributed by atoms with E-state index in [0.29, 0.717) is 6.54 Å². The lowest BCUT2D eigenvalue weighted by molar-refractivity contribution is -0.139. The Labute approximate surface area is 198 Å². The minimum atomic E-state index is -0.504. The molecule has 1 saturated heterocycles. The predicted molar refractivity (Wildman–Crippen MR) is 132 cm³/mol. The van der Waals surface area contributed by atoms with Gasteiger partial charge in [-0.1, -0.05) is 37.8 Å². The smallest absolute Gasteiger partial charge is 0.309 e. The van der Waals surface area contributed by atoms with Gasteiger partial charge in [0, 0.05) is 58.0 Å². The fraction of sp³-hybridized carbons (Fsp3) is 0.692. The van der Waals surface area contributed by atoms with E-state index in [0.717, 1.165) is 64.8 Å². The Balaban J connectivity index is 1.43. The van der Waals surface area contributed by atoms with Crippen molar-refractivity contribution in [3.8, 4) is 0 Å². The Hall–Kier alpha value is -2.12. The zero-order valence-electron chi connectivity index (χ0n) is 20.4. The molecule has 2 fully saturated rings. The van der Waals surface area contributed by atoms with Crippen molar-refractivity contribution in [3.05, 3.63) is 29.3 Å². The van der Waals surface area contributed by atoms with Crippen molar-refractivity contribution in [2.75, 3.05) is 58.3 Å². The molecule has 0 spiro atoms. The first-order chi connectivity index (χ1) is 16.0. The molecule has 0 bridgehead atoms. The molecule has 33 heavy (non-hydrogen) atoms. The van der Waals surface area contributed by atoms with Gasteiger partial charge in [0.25, 0.3) is 0 Å². The number of carbonyl (C=O) groups excluding carboxylic acids is 2. The van der Waals surface area contributed by atoms with Crippen LogP contribution in [0, 0.1) is 0 Å². The molecule has 4 rings (SSSR count). The second kappa shape index (κ2) is 11.3. The quantitative estimate of drug-likeness (QED) is 0.527. The molecule has 2 aliphatic heterocycles. The average molecular weight is 456 g/mol. The molecule has 3 aliphatic rings. The number of likely N-dealkylation sites (N-methyl/N-ethyl adjacent to an activating group) is 1. The number of nitrogens with one attached hydrogen (secondary N) is 2. The molecule has 182 valence electrons. The molecule has 1 saturated carbocycles. The lowest BCUT2D eigenvalue weighted by Gasteiger charge is -2.39. The Morgan fingerprint density at radius 1 is 0.939 bits per heavy atom. The van der Waals surface area contributed by atoms with E-state index in [1.54, 1.807) is 0 Å². The van der Waals surface area contributed by atoms with Gasteiger partial charge in [-0.15, -0.1) is 0 Å². The molecule has 2 heterocycles. The standard InChI is InChI=1S/C26H41N5O2/c1-29-14-16-31(17-15-29)24(21-11-12-23-20(18-21)8-7-13-30(23)2)19-27-25(32)26(33)28-22-9-5-3-4-6-10-22/h11-12,18,22,24H,3-10,13-17,19H2,1-2H3,(H,27,32)(H,28,33). The minimum absolute atomic E-state index is 0.0749. The Morgan fingerprint density at radius 3 is 2.39 bits per heavy atom. The van der Waals surface area contributed by atoms with Crippen molar-refractivity contribution in [2.24, 2.45) is 0 Å². The highest BCUT2D eigenvalue weighted by atomic mass is 16.2. The van der Waals surface area contributed by atoms with E-state index < -0.39 is 11.8 Å². The van der Waals surface area contributed by atoms with Crippen LogP contribution in [0.15, 0.2) is 18.2 Å². The van der Waals surface area contributed by atoms with Gasteiger partial charge >= 0.3 is 11.8 Å². The van der Waals surface area contributed by atoms with Crippen LogP contribution in [0.3, 0.4) is 0 Å². The molecule has 0 aromatic heterocycles. The molecule has 7 heteroatoms. The van der Waals surface area contributed by atoms with Crippen molar-refractivity contribution in [1.29, 1.82) is 0 Å². The summed E-state index contributed by atoms with van der Waals surface area (Å²) in [7, 11) is 4.31. The largest absolute Gasteiger partial charge is 0.374 e. The van der Waals surface area contributed by atoms with E-state index in [9.17, 15) is 9.59 Å². The number of piperazine rings is 1. The summed E-state index contributed by atoms with van der Waals surface area (Å²) >= 11 is 0. The summed E-state index contributed by atoms with van der Waals surface area (Å²) in [6.45, 7) is 5.50. The lowest BCUT2D eigenvalue weighted by Crippen LogP contribution is -2.50. The summed E-state index contributed by atoms with van der Waals surface area (Å²) in [4.78, 5) is 32.4. The maximum Gasteiger partial charge on any atom is 0.309 e. The van der Waals surface area contributed by atoms with Gasteiger partial charge < -0.3 is 20.4 Å². The summed E-state index contributed by atoms with van der Waals surface area (Å²) in [5, 5.41) is 5.94. The predicted octanol–water partition coefficient (Wildman–Crippen LogP) is 2.31. The van der Waals surface area contributed by atoms with Crippen LogP contribution in [-0.2, 0) is 16.0 Å². The first-order valence-corrected chi connectivity index (χ1v) is 12.9. The molecule has 1 aromatic rings. The van der Waals surface area contributed by atoms with Gasteiger partial charge in [-0.2, -0.15) is 0 Å². The van der Waals surface area contributed by atoms with Gasteiger partial charge in [0.05, 0.1) is 6.04 Å². The van der Waals surface area contributed by atoms with E-state index in [-0.39, 0.29) is 12.1 Å². The monoisotopic (exact) mass is 455 g/mol. The summed E-state index contributed by atoms with van der Waals surface area (Å²) in [6.07, 6.45) is 8.93. The number of fused-ring (bicyclic) bond motifs is 1. The first-order valence-electron chi connectivity index (χ1n) is 12.9. The number of aryl methyl sites for hydroxylation is 1. The Kier molecular flexibility index (Phi) is 8.25. The number of hydrogen-bond donors (Lipinski definition) is 2. The molecule has 1 aliphatic carbocycles. The molecule has 2 amide bonds. The number of carbonyl (C=O) groups is 2. The Morgan fingerprint density at radius 2 is 1.67 bits per heavy atom. The van der Waals surface area contributed by atoms with Crippen molar-refractivity contribution in [3.63, 3.8) is 0 Å². The van der Waals surface area contributed by atoms with E-state index in [2.05, 4.69) is 57.6 Å². The lowest BCUT2D eigenvalue weighted by atomic mass is 9.95. The Bertz CT molecular complexity index is 813. The molecule has 1 atom stereocenters. The molecule has 7 nitrogen and oxygen atoms in total. The third-order valence-electron chi connectivity index (χ3n) is 7.67. The van der Waals surface area contributed by atoms with Gasteiger partial charge in [-0.05, 0) is 49.9 Å². The third kappa shape index (κ3) is 6.27. The van der Waals surface area contributed by atoms with Crippen LogP contribution >= 0.6 is 0 Å². The van der Waals surface area contributed by atoms with Gasteiger partial charge in [0.15, 0.2) is 0 Å². The van der Waals surface area contributed by atoms with Gasteiger partial charge in [0.1, 0.15) is 0 Å². The van der Waals surface area contributed by atoms with E-state index in [1.807, 2.05) is 0 Å². The van der Waals surface area contributed by atoms with Gasteiger partial charge in [-0.25, -0.2) is 0 Å². The minimum Gasteiger partial charge on any atom is -0.374 e. The fourth-order valence-corrected chi connectivity index (χ4v) is 5.55. The van der Waals surface area contributed by atoms with E-state index >= 15 is 0 Å². The van der Waals surface area contributed by atoms with Gasteiger partial charge in [-0.3, -0.25) is 14.5 Å². The summed E-state index contributed by atoms with van der Waals surface area (Å²) < 4.78 is 0. The van der Waals surface area contributed by atoms with Crippen molar-refractivity contribution < 1.29 is 9.59 Å². The second-order valence-electron chi connectivity index (χ2n) is 10.1. The van der Waals surface area contributed by atoms with E-state index in [4.69, 9.17) is 0 Å². The molecule has 1 unspecified atom stereocenters. The number of amides is 2. The highest BCUT2D eigenvalue weighted by molar-refractivity contribution is 6.35. The van der Waals surface area contributed by atoms with Gasteiger partial charge in [0.2, 0.25) is 0 Å². The van der Waals surface area contributed by atoms with Crippen LogP contribution in [0.5, 0.6) is 0 Å². The highest BCUT2D eigenvalue weighted by Gasteiger charge is 2.27. The van der Waals surface area contributed by atoms with Crippen LogP contribution in [0.4, 0.5) is 5.69 Å². The van der Waals surface area contributed by atoms with Crippen LogP contribution in [0.25, 0.3) is 0 Å². The molecular weight excluding hydrogens is 414 g/mol. The number of hydrogen-bond acceptors (Lipinski definition) is 5. The second-order valence-corrected chi connectivity index (χ2v) is 10.1. The number of rotatable bonds is 5. The number of anilines is 1. The van der Waals surface area contributed by atoms with Crippen LogP contribution < -0.4 is 15.5 Å². The number of benzene rings is 1. The number of nitrogens with zero attached hydrogens (tertiary/aromatic N) is 3. The van der Waals surface area contributed by atoms with E-state index in [1.165, 1.54) is 36.1 Å². The average Bonchev–Trinajstić information content (AvgIpc) is 3.09. The van der Waals surface area contributed by atoms with Crippen molar-refractivity contribution >= 4 is 17.5 Å². The topological polar surface area (TPSA) is 67.9 Å². The molecule has 2 N–H and O–H groups in total. The maximum absolute atomic E-state index is 12.7. The first kappa shape index (κ1) is 24.0. The van der Waals surface area contributed by atoms with Crippen molar-refractivity contribution in [2.45, 2.75) is 63.5 Å². The highest BCUT2D eigenvalue weighted by Crippen LogP contribution is 2.31. The van der Waals surface area contributed by atoms with Crippen LogP contribution in [0.1, 0.15) is 62.1 Å².